The number of rotatable bonds is 2. The van der Waals surface area contributed by atoms with Gasteiger partial charge in [-0.05, 0) is 72.1 Å². The van der Waals surface area contributed by atoms with E-state index in [1.54, 1.807) is 7.11 Å². The van der Waals surface area contributed by atoms with Gasteiger partial charge in [-0.25, -0.2) is 0 Å². The molecule has 3 heteroatoms. The van der Waals surface area contributed by atoms with Gasteiger partial charge in [-0.2, -0.15) is 0 Å². The minimum absolute atomic E-state index is 0.665. The molecule has 0 amide bonds. The lowest BCUT2D eigenvalue weighted by atomic mass is 9.90. The zero-order valence-corrected chi connectivity index (χ0v) is 11.1. The van der Waals surface area contributed by atoms with Crippen molar-refractivity contribution in [3.05, 3.63) is 27.3 Å². The smallest absolute Gasteiger partial charge is 0.123 e. The normalized spacial score (nSPS) is 17.7. The fourth-order valence-corrected chi connectivity index (χ4v) is 2.62. The number of halogens is 1. The summed E-state index contributed by atoms with van der Waals surface area (Å²) >= 11 is 2.32. The van der Waals surface area contributed by atoms with E-state index in [4.69, 9.17) is 4.74 Å². The third kappa shape index (κ3) is 2.64. The molecule has 1 N–H and O–H groups in total. The minimum Gasteiger partial charge on any atom is -0.496 e. The van der Waals surface area contributed by atoms with Gasteiger partial charge >= 0.3 is 0 Å². The highest BCUT2D eigenvalue weighted by Gasteiger charge is 2.18. The van der Waals surface area contributed by atoms with Crippen molar-refractivity contribution in [3.8, 4) is 5.75 Å². The second-order valence-corrected chi connectivity index (χ2v) is 5.16. The second kappa shape index (κ2) is 5.16. The van der Waals surface area contributed by atoms with Crippen LogP contribution < -0.4 is 10.1 Å². The molecule has 0 spiro atoms. The first kappa shape index (κ1) is 11.2. The van der Waals surface area contributed by atoms with E-state index in [0.29, 0.717) is 5.92 Å². The molecule has 0 aliphatic carbocycles. The maximum absolute atomic E-state index is 5.45. The van der Waals surface area contributed by atoms with Crippen molar-refractivity contribution in [3.63, 3.8) is 0 Å². The molecular weight excluding hydrogens is 301 g/mol. The van der Waals surface area contributed by atoms with Crippen LogP contribution in [0.25, 0.3) is 0 Å². The van der Waals surface area contributed by atoms with Crippen LogP contribution in [0.1, 0.15) is 24.3 Å². The van der Waals surface area contributed by atoms with E-state index in [-0.39, 0.29) is 0 Å². The zero-order valence-electron chi connectivity index (χ0n) is 8.92. The molecule has 0 atom stereocenters. The molecule has 1 aliphatic rings. The molecule has 1 heterocycles. The molecule has 0 saturated carbocycles. The van der Waals surface area contributed by atoms with Gasteiger partial charge in [0.1, 0.15) is 5.75 Å². The predicted molar refractivity (Wildman–Crippen MR) is 70.6 cm³/mol. The fourth-order valence-electron chi connectivity index (χ4n) is 2.16. The van der Waals surface area contributed by atoms with Gasteiger partial charge < -0.3 is 10.1 Å². The van der Waals surface area contributed by atoms with Gasteiger partial charge in [0.15, 0.2) is 0 Å². The van der Waals surface area contributed by atoms with Crippen molar-refractivity contribution >= 4 is 22.6 Å². The predicted octanol–water partition coefficient (Wildman–Crippen LogP) is 2.77. The SMILES string of the molecule is COc1cc(I)ccc1C1CCNCC1. The first-order valence-electron chi connectivity index (χ1n) is 5.35. The second-order valence-electron chi connectivity index (χ2n) is 3.91. The standard InChI is InChI=1S/C12H16INO/c1-15-12-8-10(13)2-3-11(12)9-4-6-14-7-5-9/h2-3,8-9,14H,4-7H2,1H3. The van der Waals surface area contributed by atoms with Crippen LogP contribution in [-0.4, -0.2) is 20.2 Å². The largest absolute Gasteiger partial charge is 0.496 e. The molecule has 15 heavy (non-hydrogen) atoms. The van der Waals surface area contributed by atoms with E-state index < -0.39 is 0 Å². The van der Waals surface area contributed by atoms with E-state index in [0.717, 1.165) is 18.8 Å². The van der Waals surface area contributed by atoms with Crippen molar-refractivity contribution in [2.75, 3.05) is 20.2 Å². The topological polar surface area (TPSA) is 21.3 Å². The number of benzene rings is 1. The quantitative estimate of drug-likeness (QED) is 0.847. The molecule has 0 unspecified atom stereocenters. The molecule has 1 saturated heterocycles. The third-order valence-corrected chi connectivity index (χ3v) is 3.65. The van der Waals surface area contributed by atoms with Crippen molar-refractivity contribution < 1.29 is 4.74 Å². The van der Waals surface area contributed by atoms with Gasteiger partial charge in [-0.1, -0.05) is 6.07 Å². The van der Waals surface area contributed by atoms with Gasteiger partial charge in [-0.3, -0.25) is 0 Å². The molecule has 1 aromatic rings. The van der Waals surface area contributed by atoms with Crippen molar-refractivity contribution in [2.45, 2.75) is 18.8 Å². The number of piperidine rings is 1. The van der Waals surface area contributed by atoms with E-state index in [1.165, 1.54) is 22.0 Å². The first-order valence-corrected chi connectivity index (χ1v) is 6.43. The lowest BCUT2D eigenvalue weighted by molar-refractivity contribution is 0.391. The van der Waals surface area contributed by atoms with Crippen LogP contribution in [0.4, 0.5) is 0 Å². The number of methoxy groups -OCH3 is 1. The summed E-state index contributed by atoms with van der Waals surface area (Å²) in [5, 5.41) is 3.39. The highest BCUT2D eigenvalue weighted by molar-refractivity contribution is 14.1. The average molecular weight is 317 g/mol. The van der Waals surface area contributed by atoms with E-state index in [2.05, 4.69) is 46.1 Å². The van der Waals surface area contributed by atoms with Crippen molar-refractivity contribution in [1.82, 2.24) is 5.32 Å². The molecule has 2 nitrogen and oxygen atoms in total. The summed E-state index contributed by atoms with van der Waals surface area (Å²) in [5.74, 6) is 1.71. The number of hydrogen-bond acceptors (Lipinski definition) is 2. The first-order chi connectivity index (χ1) is 7.31. The van der Waals surface area contributed by atoms with Gasteiger partial charge in [0.05, 0.1) is 7.11 Å². The summed E-state index contributed by atoms with van der Waals surface area (Å²) in [6, 6.07) is 6.51. The Kier molecular flexibility index (Phi) is 3.86. The van der Waals surface area contributed by atoms with Crippen molar-refractivity contribution in [1.29, 1.82) is 0 Å². The van der Waals surface area contributed by atoms with E-state index in [1.807, 2.05) is 0 Å². The fraction of sp³-hybridized carbons (Fsp3) is 0.500. The maximum atomic E-state index is 5.45. The van der Waals surface area contributed by atoms with Crippen LogP contribution in [0.2, 0.25) is 0 Å². The van der Waals surface area contributed by atoms with Crippen molar-refractivity contribution in [2.24, 2.45) is 0 Å². The van der Waals surface area contributed by atoms with Crippen LogP contribution >= 0.6 is 22.6 Å². The maximum Gasteiger partial charge on any atom is 0.123 e. The Morgan fingerprint density at radius 3 is 2.73 bits per heavy atom. The monoisotopic (exact) mass is 317 g/mol. The molecule has 0 radical (unpaired) electrons. The van der Waals surface area contributed by atoms with Crippen LogP contribution in [0.3, 0.4) is 0 Å². The molecule has 2 rings (SSSR count). The number of ether oxygens (including phenoxy) is 1. The Hall–Kier alpha value is -0.290. The molecule has 1 aliphatic heterocycles. The average Bonchev–Trinajstić information content (AvgIpc) is 2.30. The van der Waals surface area contributed by atoms with Gasteiger partial charge in [-0.15, -0.1) is 0 Å². The molecule has 1 aromatic carbocycles. The van der Waals surface area contributed by atoms with E-state index >= 15 is 0 Å². The summed E-state index contributed by atoms with van der Waals surface area (Å²) < 4.78 is 6.69. The summed E-state index contributed by atoms with van der Waals surface area (Å²) in [5.41, 5.74) is 1.37. The Morgan fingerprint density at radius 2 is 2.07 bits per heavy atom. The molecule has 1 fully saturated rings. The molecular formula is C12H16INO. The van der Waals surface area contributed by atoms with Crippen LogP contribution in [0, 0.1) is 3.57 Å². The summed E-state index contributed by atoms with van der Waals surface area (Å²) in [7, 11) is 1.76. The molecule has 0 aromatic heterocycles. The summed E-state index contributed by atoms with van der Waals surface area (Å²) in [6.45, 7) is 2.25. The van der Waals surface area contributed by atoms with Crippen LogP contribution in [0.5, 0.6) is 5.75 Å². The van der Waals surface area contributed by atoms with E-state index in [9.17, 15) is 0 Å². The van der Waals surface area contributed by atoms with Gasteiger partial charge in [0.25, 0.3) is 0 Å². The number of hydrogen-bond donors (Lipinski definition) is 1. The minimum atomic E-state index is 0.665. The molecule has 82 valence electrons. The Balaban J connectivity index is 2.25. The third-order valence-electron chi connectivity index (χ3n) is 2.97. The molecule has 0 bridgehead atoms. The highest BCUT2D eigenvalue weighted by Crippen LogP contribution is 2.33. The summed E-state index contributed by atoms with van der Waals surface area (Å²) in [6.07, 6.45) is 2.44. The Morgan fingerprint density at radius 1 is 1.33 bits per heavy atom. The zero-order chi connectivity index (χ0) is 10.7. The van der Waals surface area contributed by atoms with Gasteiger partial charge in [0.2, 0.25) is 0 Å². The van der Waals surface area contributed by atoms with Gasteiger partial charge in [0, 0.05) is 3.57 Å². The van der Waals surface area contributed by atoms with Crippen LogP contribution in [0.15, 0.2) is 18.2 Å². The summed E-state index contributed by atoms with van der Waals surface area (Å²) in [4.78, 5) is 0. The van der Waals surface area contributed by atoms with Crippen LogP contribution in [-0.2, 0) is 0 Å². The Labute approximate surface area is 105 Å². The highest BCUT2D eigenvalue weighted by atomic mass is 127. The lowest BCUT2D eigenvalue weighted by Gasteiger charge is -2.24. The Bertz CT molecular complexity index is 334. The lowest BCUT2D eigenvalue weighted by Crippen LogP contribution is -2.26. The number of nitrogens with one attached hydrogen (secondary N) is 1.